The number of allylic oxidation sites excluding steroid dienone is 1. The fraction of sp³-hybridized carbons (Fsp3) is 0.489. The summed E-state index contributed by atoms with van der Waals surface area (Å²) in [5.41, 5.74) is 5.33. The van der Waals surface area contributed by atoms with E-state index < -0.39 is 23.8 Å². The van der Waals surface area contributed by atoms with E-state index in [0.29, 0.717) is 44.0 Å². The van der Waals surface area contributed by atoms with E-state index in [9.17, 15) is 15.0 Å². The minimum absolute atomic E-state index is 0.0967. The number of ether oxygens (including phenoxy) is 4. The van der Waals surface area contributed by atoms with Gasteiger partial charge in [0.15, 0.2) is 0 Å². The average molecular weight is 768 g/mol. The Kier molecular flexibility index (Phi) is 14.2. The lowest BCUT2D eigenvalue weighted by molar-refractivity contribution is -0.253. The number of nitrogens with zero attached hydrogens (tertiary/aromatic N) is 3. The number of aromatic nitrogens is 1. The summed E-state index contributed by atoms with van der Waals surface area (Å²) in [6, 6.07) is 20.8. The number of aliphatic hydroxyl groups excluding tert-OH is 2. The molecule has 11 heteroatoms. The lowest BCUT2D eigenvalue weighted by atomic mass is 9.55. The fourth-order valence-electron chi connectivity index (χ4n) is 8.75. The molecule has 0 saturated heterocycles. The minimum atomic E-state index is -1.36. The van der Waals surface area contributed by atoms with E-state index in [1.165, 1.54) is 0 Å². The van der Waals surface area contributed by atoms with Gasteiger partial charge in [-0.05, 0) is 92.8 Å². The van der Waals surface area contributed by atoms with Gasteiger partial charge in [0.2, 0.25) is 5.79 Å². The lowest BCUT2D eigenvalue weighted by Crippen LogP contribution is -2.69. The molecule has 0 spiro atoms. The van der Waals surface area contributed by atoms with E-state index in [1.807, 2.05) is 74.5 Å². The van der Waals surface area contributed by atoms with Crippen LogP contribution >= 0.6 is 0 Å². The van der Waals surface area contributed by atoms with E-state index in [4.69, 9.17) is 28.9 Å². The second-order valence-electron chi connectivity index (χ2n) is 14.9. The normalized spacial score (nSPS) is 24.3. The SMILES string of the molecule is C=CCO[C@@]12Oc3ccc(OCc4cccc(C)n4)cc3[C@H]3[C@H](CCCCO)[C@@H](CCCCO)C=C(C(=NOCC)C[C@@H]1N(C)C(=O)OCc1ccccc1)[C@H]32. The smallest absolute Gasteiger partial charge is 0.410 e. The Bertz CT molecular complexity index is 1830. The first-order valence-corrected chi connectivity index (χ1v) is 20.0. The summed E-state index contributed by atoms with van der Waals surface area (Å²) >= 11 is 0. The predicted molar refractivity (Wildman–Crippen MR) is 214 cm³/mol. The number of aliphatic hydroxyl groups is 2. The van der Waals surface area contributed by atoms with Gasteiger partial charge in [0.25, 0.3) is 0 Å². The number of amides is 1. The third-order valence-electron chi connectivity index (χ3n) is 11.2. The molecule has 0 unspecified atom stereocenters. The van der Waals surface area contributed by atoms with Crippen LogP contribution in [0.25, 0.3) is 0 Å². The monoisotopic (exact) mass is 767 g/mol. The maximum absolute atomic E-state index is 14.0. The Hall–Kier alpha value is -4.71. The molecule has 1 aromatic heterocycles. The number of aryl methyl sites for hydroxylation is 1. The van der Waals surface area contributed by atoms with Crippen molar-refractivity contribution in [1.82, 2.24) is 9.88 Å². The molecule has 6 rings (SSSR count). The maximum atomic E-state index is 14.0. The summed E-state index contributed by atoms with van der Waals surface area (Å²) in [4.78, 5) is 26.0. The van der Waals surface area contributed by atoms with E-state index in [-0.39, 0.29) is 44.2 Å². The van der Waals surface area contributed by atoms with Gasteiger partial charge >= 0.3 is 6.09 Å². The van der Waals surface area contributed by atoms with Gasteiger partial charge in [-0.3, -0.25) is 4.98 Å². The van der Waals surface area contributed by atoms with Crippen molar-refractivity contribution >= 4 is 11.8 Å². The third-order valence-corrected chi connectivity index (χ3v) is 11.2. The number of likely N-dealkylation sites (N-methyl/N-ethyl adjacent to an activating group) is 1. The number of carbonyl (C=O) groups is 1. The fourth-order valence-corrected chi connectivity index (χ4v) is 8.75. The van der Waals surface area contributed by atoms with E-state index in [0.717, 1.165) is 59.5 Å². The second kappa shape index (κ2) is 19.4. The van der Waals surface area contributed by atoms with Crippen molar-refractivity contribution in [3.8, 4) is 11.5 Å². The highest BCUT2D eigenvalue weighted by atomic mass is 16.7. The molecule has 0 radical (unpaired) electrons. The molecule has 2 aromatic carbocycles. The third kappa shape index (κ3) is 9.12. The molecular formula is C45H57N3O8. The first kappa shape index (κ1) is 40.9. The van der Waals surface area contributed by atoms with Gasteiger partial charge in [-0.1, -0.05) is 66.5 Å². The molecule has 0 bridgehead atoms. The molecule has 2 N–H and O–H groups in total. The number of fused-ring (bicyclic) bond motifs is 2. The standard InChI is InChI=1S/C45H57N3O8/c1-5-25-54-45-41(48(4)44(51)53-29-32-16-8-7-9-17-32)28-39(47-55-6-2)37-26-33(18-10-12-23-49)36(20-11-13-24-50)42(43(37)45)38-27-35(21-22-40(38)56-45)52-30-34-19-14-15-31(3)46-34/h5,7-9,14-17,19,21-22,26-27,33,36,41-43,49-50H,1,6,10-13,18,20,23-25,28-30H2,2-4H3/t33-,36+,41-,42+,43+,45+/m0/s1. The van der Waals surface area contributed by atoms with Crippen molar-refractivity contribution in [2.45, 2.75) is 89.8 Å². The zero-order valence-corrected chi connectivity index (χ0v) is 33.0. The molecule has 56 heavy (non-hydrogen) atoms. The van der Waals surface area contributed by atoms with Crippen LogP contribution in [0.5, 0.6) is 11.5 Å². The summed E-state index contributed by atoms with van der Waals surface area (Å²) in [7, 11) is 1.73. The summed E-state index contributed by atoms with van der Waals surface area (Å²) in [5.74, 6) is -0.376. The van der Waals surface area contributed by atoms with Crippen LogP contribution < -0.4 is 9.47 Å². The number of benzene rings is 2. The van der Waals surface area contributed by atoms with E-state index in [1.54, 1.807) is 18.0 Å². The highest BCUT2D eigenvalue weighted by Gasteiger charge is 2.65. The molecule has 1 fully saturated rings. The molecule has 11 nitrogen and oxygen atoms in total. The quantitative estimate of drug-likeness (QED) is 0.0710. The molecule has 1 aliphatic heterocycles. The van der Waals surface area contributed by atoms with Gasteiger partial charge in [0, 0.05) is 43.9 Å². The summed E-state index contributed by atoms with van der Waals surface area (Å²) in [6.45, 7) is 9.05. The average Bonchev–Trinajstić information content (AvgIpc) is 3.22. The topological polar surface area (TPSA) is 132 Å². The molecular weight excluding hydrogens is 711 g/mol. The van der Waals surface area contributed by atoms with E-state index >= 15 is 0 Å². The van der Waals surface area contributed by atoms with E-state index in [2.05, 4.69) is 23.7 Å². The van der Waals surface area contributed by atoms with Gasteiger partial charge in [-0.25, -0.2) is 4.79 Å². The van der Waals surface area contributed by atoms with Crippen LogP contribution in [0.1, 0.15) is 80.3 Å². The Balaban J connectivity index is 1.49. The Labute approximate surface area is 331 Å². The van der Waals surface area contributed by atoms with Gasteiger partial charge in [-0.2, -0.15) is 0 Å². The molecule has 1 amide bonds. The lowest BCUT2D eigenvalue weighted by Gasteiger charge is -2.59. The van der Waals surface area contributed by atoms with Crippen molar-refractivity contribution in [1.29, 1.82) is 0 Å². The first-order valence-electron chi connectivity index (χ1n) is 20.0. The Morgan fingerprint density at radius 3 is 2.55 bits per heavy atom. The number of pyridine rings is 1. The minimum Gasteiger partial charge on any atom is -0.487 e. The molecule has 2 heterocycles. The zero-order valence-electron chi connectivity index (χ0n) is 33.0. The van der Waals surface area contributed by atoms with Crippen LogP contribution in [0.15, 0.2) is 96.2 Å². The molecule has 300 valence electrons. The number of hydrogen-bond acceptors (Lipinski definition) is 10. The van der Waals surface area contributed by atoms with Gasteiger partial charge in [-0.15, -0.1) is 6.58 Å². The molecule has 6 atom stereocenters. The largest absolute Gasteiger partial charge is 0.487 e. The van der Waals surface area contributed by atoms with Gasteiger partial charge in [0.05, 0.1) is 23.9 Å². The zero-order chi connectivity index (χ0) is 39.5. The molecule has 1 saturated carbocycles. The number of rotatable bonds is 19. The van der Waals surface area contributed by atoms with Crippen molar-refractivity contribution in [3.63, 3.8) is 0 Å². The summed E-state index contributed by atoms with van der Waals surface area (Å²) in [5, 5.41) is 24.4. The van der Waals surface area contributed by atoms with Crippen LogP contribution in [-0.4, -0.2) is 77.2 Å². The van der Waals surface area contributed by atoms with Crippen molar-refractivity contribution in [2.75, 3.05) is 33.5 Å². The van der Waals surface area contributed by atoms with Crippen molar-refractivity contribution in [2.24, 2.45) is 22.9 Å². The molecule has 2 aliphatic carbocycles. The molecule has 3 aromatic rings. The highest BCUT2D eigenvalue weighted by molar-refractivity contribution is 6.02. The summed E-state index contributed by atoms with van der Waals surface area (Å²) in [6.07, 6.45) is 8.56. The van der Waals surface area contributed by atoms with Crippen molar-refractivity contribution in [3.05, 3.63) is 114 Å². The van der Waals surface area contributed by atoms with Crippen LogP contribution in [0.2, 0.25) is 0 Å². The predicted octanol–water partition coefficient (Wildman–Crippen LogP) is 7.89. The van der Waals surface area contributed by atoms with Gasteiger partial charge in [0.1, 0.15) is 37.4 Å². The Morgan fingerprint density at radius 2 is 1.82 bits per heavy atom. The number of carbonyl (C=O) groups excluding carboxylic acids is 1. The van der Waals surface area contributed by atoms with Crippen molar-refractivity contribution < 1.29 is 38.8 Å². The number of oxime groups is 1. The van der Waals surface area contributed by atoms with Crippen LogP contribution in [0, 0.1) is 24.7 Å². The maximum Gasteiger partial charge on any atom is 0.410 e. The highest BCUT2D eigenvalue weighted by Crippen LogP contribution is 2.61. The summed E-state index contributed by atoms with van der Waals surface area (Å²) < 4.78 is 26.4. The van der Waals surface area contributed by atoms with Gasteiger partial charge < -0.3 is 38.9 Å². The van der Waals surface area contributed by atoms with Crippen LogP contribution in [0.3, 0.4) is 0 Å². The molecule has 3 aliphatic rings. The van der Waals surface area contributed by atoms with Crippen LogP contribution in [0.4, 0.5) is 4.79 Å². The first-order chi connectivity index (χ1) is 27.3. The second-order valence-corrected chi connectivity index (χ2v) is 14.9. The number of hydrogen-bond donors (Lipinski definition) is 2. The number of unbranched alkanes of at least 4 members (excludes halogenated alkanes) is 2. The van der Waals surface area contributed by atoms with Crippen LogP contribution in [-0.2, 0) is 27.5 Å². The Morgan fingerprint density at radius 1 is 1.04 bits per heavy atom.